The topological polar surface area (TPSA) is 80.4 Å². The molecular weight excluding hydrogens is 226 g/mol. The third kappa shape index (κ3) is 2.00. The van der Waals surface area contributed by atoms with Crippen molar-refractivity contribution in [3.8, 4) is 5.75 Å². The second-order valence-corrected chi connectivity index (χ2v) is 6.59. The number of rotatable bonds is 2. The van der Waals surface area contributed by atoms with E-state index in [1.165, 1.54) is 6.07 Å². The third-order valence-corrected chi connectivity index (χ3v) is 5.36. The van der Waals surface area contributed by atoms with E-state index in [0.29, 0.717) is 18.5 Å². The molecule has 4 nitrogen and oxygen atoms in total. The normalized spacial score (nSPS) is 23.4. The molecule has 1 aliphatic heterocycles. The summed E-state index contributed by atoms with van der Waals surface area (Å²) < 4.78 is 23.3. The van der Waals surface area contributed by atoms with Gasteiger partial charge in [-0.25, -0.2) is 8.42 Å². The monoisotopic (exact) mass is 241 g/mol. The number of anilines is 1. The van der Waals surface area contributed by atoms with Crippen LogP contribution in [0.15, 0.2) is 18.2 Å². The van der Waals surface area contributed by atoms with Crippen molar-refractivity contribution < 1.29 is 13.5 Å². The first kappa shape index (κ1) is 11.3. The Morgan fingerprint density at radius 1 is 1.44 bits per heavy atom. The maximum Gasteiger partial charge on any atom is 0.153 e. The van der Waals surface area contributed by atoms with Gasteiger partial charge in [0.1, 0.15) is 5.75 Å². The lowest BCUT2D eigenvalue weighted by atomic mass is 10.0. The van der Waals surface area contributed by atoms with Crippen molar-refractivity contribution in [1.82, 2.24) is 0 Å². The molecule has 16 heavy (non-hydrogen) atoms. The van der Waals surface area contributed by atoms with Gasteiger partial charge in [-0.15, -0.1) is 0 Å². The van der Waals surface area contributed by atoms with E-state index in [1.54, 1.807) is 12.1 Å². The highest BCUT2D eigenvalue weighted by Crippen LogP contribution is 2.29. The van der Waals surface area contributed by atoms with Gasteiger partial charge in [0.2, 0.25) is 0 Å². The predicted molar refractivity (Wildman–Crippen MR) is 63.0 cm³/mol. The van der Waals surface area contributed by atoms with Crippen LogP contribution in [-0.4, -0.2) is 24.5 Å². The molecule has 3 N–H and O–H groups in total. The zero-order valence-corrected chi connectivity index (χ0v) is 9.70. The molecule has 1 heterocycles. The molecule has 88 valence electrons. The number of hydrogen-bond acceptors (Lipinski definition) is 4. The van der Waals surface area contributed by atoms with Gasteiger partial charge in [-0.3, -0.25) is 0 Å². The Hall–Kier alpha value is -1.23. The van der Waals surface area contributed by atoms with Crippen LogP contribution in [0.5, 0.6) is 5.75 Å². The number of sulfone groups is 1. The number of hydrogen-bond donors (Lipinski definition) is 2. The van der Waals surface area contributed by atoms with Crippen LogP contribution in [0.25, 0.3) is 0 Å². The standard InChI is InChI=1S/C11H15NO3S/c12-11-8(3-1-5-10(11)13)7-9-4-2-6-16(9,14)15/h1,3,5,9,13H,2,4,6-7,12H2. The average molecular weight is 241 g/mol. The van der Waals surface area contributed by atoms with Gasteiger partial charge in [-0.05, 0) is 30.9 Å². The van der Waals surface area contributed by atoms with Gasteiger partial charge in [0.25, 0.3) is 0 Å². The van der Waals surface area contributed by atoms with Gasteiger partial charge in [0, 0.05) is 0 Å². The molecule has 1 aliphatic rings. The fourth-order valence-corrected chi connectivity index (χ4v) is 3.97. The van der Waals surface area contributed by atoms with Crippen molar-refractivity contribution >= 4 is 15.5 Å². The molecule has 1 atom stereocenters. The average Bonchev–Trinajstić information content (AvgIpc) is 2.54. The molecule has 1 saturated heterocycles. The Kier molecular flexibility index (Phi) is 2.80. The second-order valence-electron chi connectivity index (χ2n) is 4.19. The van der Waals surface area contributed by atoms with Gasteiger partial charge in [0.15, 0.2) is 9.84 Å². The fraction of sp³-hybridized carbons (Fsp3) is 0.455. The van der Waals surface area contributed by atoms with Gasteiger partial charge in [0.05, 0.1) is 16.7 Å². The first-order valence-electron chi connectivity index (χ1n) is 5.28. The van der Waals surface area contributed by atoms with Gasteiger partial charge < -0.3 is 10.8 Å². The van der Waals surface area contributed by atoms with Crippen LogP contribution in [0, 0.1) is 0 Å². The molecular formula is C11H15NO3S. The lowest BCUT2D eigenvalue weighted by Crippen LogP contribution is -2.19. The summed E-state index contributed by atoms with van der Waals surface area (Å²) in [6.07, 6.45) is 1.83. The fourth-order valence-electron chi connectivity index (χ4n) is 2.11. The van der Waals surface area contributed by atoms with Crippen molar-refractivity contribution in [2.24, 2.45) is 0 Å². The van der Waals surface area contributed by atoms with Crippen LogP contribution in [0.4, 0.5) is 5.69 Å². The van der Waals surface area contributed by atoms with Crippen molar-refractivity contribution in [3.05, 3.63) is 23.8 Å². The Labute approximate surface area is 95.0 Å². The maximum atomic E-state index is 11.7. The van der Waals surface area contributed by atoms with Crippen LogP contribution >= 0.6 is 0 Å². The Balaban J connectivity index is 2.25. The second kappa shape index (κ2) is 3.97. The smallest absolute Gasteiger partial charge is 0.153 e. The van der Waals surface area contributed by atoms with Crippen LogP contribution in [-0.2, 0) is 16.3 Å². The summed E-state index contributed by atoms with van der Waals surface area (Å²) in [6, 6.07) is 4.95. The van der Waals surface area contributed by atoms with Crippen molar-refractivity contribution in [1.29, 1.82) is 0 Å². The summed E-state index contributed by atoms with van der Waals surface area (Å²) in [6.45, 7) is 0. The van der Waals surface area contributed by atoms with Crippen molar-refractivity contribution in [2.75, 3.05) is 11.5 Å². The molecule has 1 aromatic carbocycles. The molecule has 0 aliphatic carbocycles. The zero-order chi connectivity index (χ0) is 11.8. The largest absolute Gasteiger partial charge is 0.506 e. The van der Waals surface area contributed by atoms with E-state index in [0.717, 1.165) is 12.0 Å². The lowest BCUT2D eigenvalue weighted by molar-refractivity contribution is 0.477. The number of nitrogen functional groups attached to an aromatic ring is 1. The van der Waals surface area contributed by atoms with Gasteiger partial charge in [-0.2, -0.15) is 0 Å². The SMILES string of the molecule is Nc1c(O)cccc1CC1CCCS1(=O)=O. The minimum atomic E-state index is -2.95. The molecule has 0 radical (unpaired) electrons. The molecule has 1 fully saturated rings. The lowest BCUT2D eigenvalue weighted by Gasteiger charge is -2.11. The maximum absolute atomic E-state index is 11.7. The minimum Gasteiger partial charge on any atom is -0.506 e. The van der Waals surface area contributed by atoms with Gasteiger partial charge >= 0.3 is 0 Å². The Morgan fingerprint density at radius 2 is 2.19 bits per heavy atom. The summed E-state index contributed by atoms with van der Waals surface area (Å²) >= 11 is 0. The molecule has 0 spiro atoms. The quantitative estimate of drug-likeness (QED) is 0.600. The summed E-state index contributed by atoms with van der Waals surface area (Å²) in [5.74, 6) is 0.295. The van der Waals surface area contributed by atoms with E-state index in [1.807, 2.05) is 0 Å². The van der Waals surface area contributed by atoms with E-state index >= 15 is 0 Å². The molecule has 0 amide bonds. The number of phenolic OH excluding ortho intramolecular Hbond substituents is 1. The molecule has 0 saturated carbocycles. The van der Waals surface area contributed by atoms with Crippen molar-refractivity contribution in [2.45, 2.75) is 24.5 Å². The van der Waals surface area contributed by atoms with Crippen LogP contribution in [0.1, 0.15) is 18.4 Å². The number of para-hydroxylation sites is 1. The van der Waals surface area contributed by atoms with E-state index in [2.05, 4.69) is 0 Å². The van der Waals surface area contributed by atoms with Crippen LogP contribution in [0.3, 0.4) is 0 Å². The first-order valence-corrected chi connectivity index (χ1v) is 7.00. The number of benzene rings is 1. The first-order chi connectivity index (χ1) is 7.50. The van der Waals surface area contributed by atoms with Gasteiger partial charge in [-0.1, -0.05) is 12.1 Å². The molecule has 1 unspecified atom stereocenters. The summed E-state index contributed by atoms with van der Waals surface area (Å²) in [4.78, 5) is 0. The highest BCUT2D eigenvalue weighted by Gasteiger charge is 2.31. The minimum absolute atomic E-state index is 0.0212. The number of nitrogens with two attached hydrogens (primary N) is 1. The van der Waals surface area contributed by atoms with Crippen LogP contribution < -0.4 is 5.73 Å². The van der Waals surface area contributed by atoms with E-state index in [9.17, 15) is 13.5 Å². The van der Waals surface area contributed by atoms with E-state index < -0.39 is 9.84 Å². The van der Waals surface area contributed by atoms with E-state index in [-0.39, 0.29) is 16.8 Å². The number of aromatic hydroxyl groups is 1. The van der Waals surface area contributed by atoms with Crippen molar-refractivity contribution in [3.63, 3.8) is 0 Å². The molecule has 5 heteroatoms. The van der Waals surface area contributed by atoms with Crippen LogP contribution in [0.2, 0.25) is 0 Å². The zero-order valence-electron chi connectivity index (χ0n) is 8.89. The number of phenols is 1. The third-order valence-electron chi connectivity index (χ3n) is 3.08. The highest BCUT2D eigenvalue weighted by molar-refractivity contribution is 7.92. The molecule has 0 bridgehead atoms. The Bertz CT molecular complexity index is 496. The summed E-state index contributed by atoms with van der Waals surface area (Å²) in [5.41, 5.74) is 6.72. The summed E-state index contributed by atoms with van der Waals surface area (Å²) in [7, 11) is -2.95. The summed E-state index contributed by atoms with van der Waals surface area (Å²) in [5, 5.41) is 9.09. The molecule has 2 rings (SSSR count). The molecule has 1 aromatic rings. The molecule has 0 aromatic heterocycles. The predicted octanol–water partition coefficient (Wildman–Crippen LogP) is 1.09. The Morgan fingerprint density at radius 3 is 2.81 bits per heavy atom. The van der Waals surface area contributed by atoms with E-state index in [4.69, 9.17) is 5.73 Å². The highest BCUT2D eigenvalue weighted by atomic mass is 32.2.